The van der Waals surface area contributed by atoms with E-state index in [9.17, 15) is 15.0 Å². The summed E-state index contributed by atoms with van der Waals surface area (Å²) in [5.74, 6) is 1.01. The predicted octanol–water partition coefficient (Wildman–Crippen LogP) is 6.35. The van der Waals surface area contributed by atoms with E-state index < -0.39 is 12.1 Å². The van der Waals surface area contributed by atoms with Gasteiger partial charge in [0.2, 0.25) is 0 Å². The lowest BCUT2D eigenvalue weighted by atomic mass is 9.90. The Balaban J connectivity index is 1.65. The highest BCUT2D eigenvalue weighted by Crippen LogP contribution is 2.32. The zero-order valence-electron chi connectivity index (χ0n) is 19.6. The number of hydrogen-bond acceptors (Lipinski definition) is 4. The highest BCUT2D eigenvalue weighted by Gasteiger charge is 2.23. The first-order valence-electron chi connectivity index (χ1n) is 11.3. The zero-order chi connectivity index (χ0) is 23.5. The van der Waals surface area contributed by atoms with Gasteiger partial charge in [0.1, 0.15) is 23.7 Å². The van der Waals surface area contributed by atoms with Crippen LogP contribution in [-0.4, -0.2) is 28.9 Å². The number of furan rings is 1. The largest absolute Gasteiger partial charge is 0.491 e. The Hall–Kier alpha value is -2.79. The molecular weight excluding hydrogens is 404 g/mol. The Morgan fingerprint density at radius 3 is 2.50 bits per heavy atom. The molecular formula is C27H34O5. The van der Waals surface area contributed by atoms with Crippen molar-refractivity contribution in [2.24, 2.45) is 5.41 Å². The van der Waals surface area contributed by atoms with E-state index in [1.54, 1.807) is 18.2 Å². The Morgan fingerprint density at radius 2 is 1.88 bits per heavy atom. The van der Waals surface area contributed by atoms with E-state index in [1.807, 2.05) is 39.8 Å². The maximum atomic E-state index is 11.2. The number of aromatic carboxylic acids is 1. The molecule has 5 heteroatoms. The molecule has 172 valence electrons. The van der Waals surface area contributed by atoms with Gasteiger partial charge >= 0.3 is 5.97 Å². The number of carboxylic acid groups (broad SMARTS) is 1. The van der Waals surface area contributed by atoms with Crippen LogP contribution < -0.4 is 4.74 Å². The van der Waals surface area contributed by atoms with Crippen LogP contribution in [0.4, 0.5) is 0 Å². The molecule has 3 aromatic rings. The van der Waals surface area contributed by atoms with Crippen LogP contribution in [0.3, 0.4) is 0 Å². The van der Waals surface area contributed by atoms with E-state index in [4.69, 9.17) is 9.15 Å². The first kappa shape index (κ1) is 23.9. The minimum atomic E-state index is -0.951. The van der Waals surface area contributed by atoms with Crippen molar-refractivity contribution in [1.82, 2.24) is 0 Å². The van der Waals surface area contributed by atoms with Crippen LogP contribution in [0.15, 0.2) is 46.9 Å². The summed E-state index contributed by atoms with van der Waals surface area (Å²) in [5, 5.41) is 20.3. The minimum absolute atomic E-state index is 0.213. The van der Waals surface area contributed by atoms with Crippen LogP contribution in [0.1, 0.15) is 73.7 Å². The van der Waals surface area contributed by atoms with Gasteiger partial charge in [-0.25, -0.2) is 4.79 Å². The van der Waals surface area contributed by atoms with Crippen LogP contribution >= 0.6 is 0 Å². The van der Waals surface area contributed by atoms with Crippen LogP contribution in [0.2, 0.25) is 0 Å². The molecule has 0 aliphatic heterocycles. The minimum Gasteiger partial charge on any atom is -0.491 e. The highest BCUT2D eigenvalue weighted by atomic mass is 16.5. The third-order valence-corrected chi connectivity index (χ3v) is 6.10. The fourth-order valence-corrected chi connectivity index (χ4v) is 3.72. The summed E-state index contributed by atoms with van der Waals surface area (Å²) in [6, 6.07) is 13.2. The molecule has 0 bridgehead atoms. The maximum Gasteiger partial charge on any atom is 0.335 e. The van der Waals surface area contributed by atoms with Gasteiger partial charge in [0.15, 0.2) is 0 Å². The lowest BCUT2D eigenvalue weighted by Crippen LogP contribution is -2.32. The third kappa shape index (κ3) is 5.71. The molecule has 32 heavy (non-hydrogen) atoms. The molecule has 0 fully saturated rings. The molecule has 0 aliphatic carbocycles. The van der Waals surface area contributed by atoms with Gasteiger partial charge in [0, 0.05) is 11.3 Å². The van der Waals surface area contributed by atoms with Crippen molar-refractivity contribution in [3.8, 4) is 5.75 Å². The van der Waals surface area contributed by atoms with E-state index in [2.05, 4.69) is 19.1 Å². The van der Waals surface area contributed by atoms with Crippen molar-refractivity contribution < 1.29 is 24.2 Å². The van der Waals surface area contributed by atoms with E-state index in [1.165, 1.54) is 5.56 Å². The van der Waals surface area contributed by atoms with Gasteiger partial charge in [-0.3, -0.25) is 0 Å². The number of benzene rings is 2. The molecule has 2 aromatic carbocycles. The van der Waals surface area contributed by atoms with Crippen molar-refractivity contribution >= 4 is 16.9 Å². The Morgan fingerprint density at radius 1 is 1.12 bits per heavy atom. The molecule has 2 unspecified atom stereocenters. The molecule has 0 saturated heterocycles. The molecule has 0 spiro atoms. The molecule has 2 N–H and O–H groups in total. The number of hydrogen-bond donors (Lipinski definition) is 2. The first-order valence-corrected chi connectivity index (χ1v) is 11.3. The zero-order valence-corrected chi connectivity index (χ0v) is 19.6. The van der Waals surface area contributed by atoms with E-state index >= 15 is 0 Å². The summed E-state index contributed by atoms with van der Waals surface area (Å²) in [5.41, 5.74) is 2.93. The number of aryl methyl sites for hydroxylation is 2. The van der Waals surface area contributed by atoms with Gasteiger partial charge in [-0.1, -0.05) is 45.9 Å². The summed E-state index contributed by atoms with van der Waals surface area (Å²) in [4.78, 5) is 11.2. The number of ether oxygens (including phenoxy) is 1. The fourth-order valence-electron chi connectivity index (χ4n) is 3.72. The number of fused-ring (bicyclic) bond motifs is 1. The second kappa shape index (κ2) is 9.78. The second-order valence-corrected chi connectivity index (χ2v) is 9.64. The number of aliphatic hydroxyl groups excluding tert-OH is 1. The van der Waals surface area contributed by atoms with Crippen molar-refractivity contribution in [3.05, 3.63) is 64.9 Å². The third-order valence-electron chi connectivity index (χ3n) is 6.10. The van der Waals surface area contributed by atoms with Crippen molar-refractivity contribution in [3.63, 3.8) is 0 Å². The SMILES string of the molecule is CCC(CCc1ccc(OCC(O)C(C)(C)C)c(C)c1)c1cc2ccc(C(=O)O)cc2o1. The lowest BCUT2D eigenvalue weighted by molar-refractivity contribution is 0.0216. The monoisotopic (exact) mass is 438 g/mol. The number of carboxylic acids is 1. The first-order chi connectivity index (χ1) is 15.1. The van der Waals surface area contributed by atoms with Crippen LogP contribution in [0.25, 0.3) is 11.0 Å². The van der Waals surface area contributed by atoms with Crippen molar-refractivity contribution in [2.75, 3.05) is 6.61 Å². The Labute approximate surface area is 190 Å². The summed E-state index contributed by atoms with van der Waals surface area (Å²) in [6.45, 7) is 10.4. The van der Waals surface area contributed by atoms with Gasteiger partial charge in [0.25, 0.3) is 0 Å². The fraction of sp³-hybridized carbons (Fsp3) is 0.444. The number of aliphatic hydroxyl groups is 1. The summed E-state index contributed by atoms with van der Waals surface area (Å²) < 4.78 is 11.9. The molecule has 3 rings (SSSR count). The highest BCUT2D eigenvalue weighted by molar-refractivity contribution is 5.92. The Kier molecular flexibility index (Phi) is 7.29. The number of rotatable bonds is 9. The molecule has 5 nitrogen and oxygen atoms in total. The average Bonchev–Trinajstić information content (AvgIpc) is 3.15. The van der Waals surface area contributed by atoms with Crippen molar-refractivity contribution in [1.29, 1.82) is 0 Å². The standard InChI is InChI=1S/C27H34O5/c1-6-19(23-14-20-10-11-21(26(29)30)15-24(20)32-23)9-7-18-8-12-22(17(2)13-18)31-16-25(28)27(3,4)5/h8,10-15,19,25,28H,6-7,9,16H2,1-5H3,(H,29,30). The molecule has 0 aliphatic rings. The quantitative estimate of drug-likeness (QED) is 0.407. The summed E-state index contributed by atoms with van der Waals surface area (Å²) in [7, 11) is 0. The van der Waals surface area contributed by atoms with E-state index in [0.717, 1.165) is 41.7 Å². The molecule has 2 atom stereocenters. The maximum absolute atomic E-state index is 11.2. The molecule has 1 heterocycles. The van der Waals surface area contributed by atoms with E-state index in [0.29, 0.717) is 5.58 Å². The van der Waals surface area contributed by atoms with Gasteiger partial charge in [-0.05, 0) is 67.0 Å². The molecule has 1 aromatic heterocycles. The molecule has 0 radical (unpaired) electrons. The smallest absolute Gasteiger partial charge is 0.335 e. The predicted molar refractivity (Wildman–Crippen MR) is 127 cm³/mol. The average molecular weight is 439 g/mol. The van der Waals surface area contributed by atoms with E-state index in [-0.39, 0.29) is 23.5 Å². The summed E-state index contributed by atoms with van der Waals surface area (Å²) in [6.07, 6.45) is 2.25. The van der Waals surface area contributed by atoms with Crippen molar-refractivity contribution in [2.45, 2.75) is 65.9 Å². The molecule has 0 saturated carbocycles. The van der Waals surface area contributed by atoms with Gasteiger partial charge in [-0.2, -0.15) is 0 Å². The van der Waals surface area contributed by atoms with Gasteiger partial charge in [-0.15, -0.1) is 0 Å². The van der Waals surface area contributed by atoms with Crippen LogP contribution in [0.5, 0.6) is 5.75 Å². The summed E-state index contributed by atoms with van der Waals surface area (Å²) >= 11 is 0. The lowest BCUT2D eigenvalue weighted by Gasteiger charge is -2.26. The Bertz CT molecular complexity index is 1070. The topological polar surface area (TPSA) is 79.9 Å². The van der Waals surface area contributed by atoms with Crippen LogP contribution in [-0.2, 0) is 6.42 Å². The van der Waals surface area contributed by atoms with Gasteiger partial charge < -0.3 is 19.4 Å². The van der Waals surface area contributed by atoms with Gasteiger partial charge in [0.05, 0.1) is 11.7 Å². The van der Waals surface area contributed by atoms with Crippen LogP contribution in [0, 0.1) is 12.3 Å². The molecule has 0 amide bonds. The normalized spacial score (nSPS) is 13.8. The second-order valence-electron chi connectivity index (χ2n) is 9.64. The number of carbonyl (C=O) groups is 1.